The number of hydrogen-bond acceptors (Lipinski definition) is 5. The Balaban J connectivity index is 1.91. The van der Waals surface area contributed by atoms with E-state index in [4.69, 9.17) is 11.6 Å². The van der Waals surface area contributed by atoms with Crippen LogP contribution in [-0.2, 0) is 14.6 Å². The molecule has 1 fully saturated rings. The van der Waals surface area contributed by atoms with Crippen LogP contribution in [-0.4, -0.2) is 41.4 Å². The highest BCUT2D eigenvalue weighted by Gasteiger charge is 2.50. The first kappa shape index (κ1) is 27.9. The topological polar surface area (TPSA) is 121 Å². The largest absolute Gasteiger partial charge is 0.481 e. The molecule has 196 valence electrons. The van der Waals surface area contributed by atoms with Gasteiger partial charge in [-0.15, -0.1) is 0 Å². The summed E-state index contributed by atoms with van der Waals surface area (Å²) in [4.78, 5) is 23.6. The second-order valence-corrected chi connectivity index (χ2v) is 11.7. The maximum atomic E-state index is 13.6. The van der Waals surface area contributed by atoms with Crippen LogP contribution in [0.25, 0.3) is 0 Å². The zero-order chi connectivity index (χ0) is 27.0. The van der Waals surface area contributed by atoms with Gasteiger partial charge in [0.15, 0.2) is 27.3 Å². The first-order valence-electron chi connectivity index (χ1n) is 11.1. The lowest BCUT2D eigenvalue weighted by molar-refractivity contribution is -0.153. The van der Waals surface area contributed by atoms with E-state index in [1.807, 2.05) is 0 Å². The van der Waals surface area contributed by atoms with Gasteiger partial charge in [0, 0.05) is 23.4 Å². The number of carbonyl (C=O) groups excluding carboxylic acids is 1. The number of aliphatic carboxylic acids is 1. The molecule has 0 saturated heterocycles. The highest BCUT2D eigenvalue weighted by molar-refractivity contribution is 7.92. The fraction of sp³-hybridized carbons (Fsp3) is 0.417. The van der Waals surface area contributed by atoms with Crippen LogP contribution in [0.2, 0.25) is 5.02 Å². The van der Waals surface area contributed by atoms with Crippen LogP contribution in [0.1, 0.15) is 49.9 Å². The van der Waals surface area contributed by atoms with Gasteiger partial charge >= 0.3 is 5.97 Å². The Morgan fingerprint density at radius 1 is 1.14 bits per heavy atom. The maximum Gasteiger partial charge on any atom is 0.306 e. The first-order chi connectivity index (χ1) is 16.7. The minimum Gasteiger partial charge on any atom is -0.481 e. The van der Waals surface area contributed by atoms with E-state index in [-0.39, 0.29) is 34.0 Å². The summed E-state index contributed by atoms with van der Waals surface area (Å²) in [6.07, 6.45) is -0.196. The number of halogens is 4. The fourth-order valence-corrected chi connectivity index (χ4v) is 7.28. The Labute approximate surface area is 211 Å². The second kappa shape index (κ2) is 10.4. The molecule has 2 aromatic carbocycles. The molecule has 1 aliphatic carbocycles. The molecule has 2 aromatic rings. The van der Waals surface area contributed by atoms with Crippen molar-refractivity contribution in [1.29, 1.82) is 0 Å². The van der Waals surface area contributed by atoms with Gasteiger partial charge in [-0.2, -0.15) is 0 Å². The van der Waals surface area contributed by atoms with E-state index in [2.05, 4.69) is 5.32 Å². The molecule has 1 amide bonds. The molecule has 0 heterocycles. The highest BCUT2D eigenvalue weighted by atomic mass is 35.5. The Bertz CT molecular complexity index is 1280. The molecule has 1 aliphatic rings. The number of benzene rings is 2. The lowest BCUT2D eigenvalue weighted by Crippen LogP contribution is -2.52. The van der Waals surface area contributed by atoms with Gasteiger partial charge in [0.1, 0.15) is 0 Å². The number of carboxylic acids is 1. The van der Waals surface area contributed by atoms with E-state index in [0.717, 1.165) is 6.07 Å². The van der Waals surface area contributed by atoms with Crippen LogP contribution in [0.5, 0.6) is 0 Å². The molecule has 3 N–H and O–H groups in total. The lowest BCUT2D eigenvalue weighted by atomic mass is 9.66. The summed E-state index contributed by atoms with van der Waals surface area (Å²) < 4.78 is 67.2. The third-order valence-corrected chi connectivity index (χ3v) is 9.49. The number of aliphatic hydroxyl groups is 1. The maximum absolute atomic E-state index is 13.6. The van der Waals surface area contributed by atoms with Gasteiger partial charge in [0.2, 0.25) is 0 Å². The molecule has 0 spiro atoms. The Hall–Kier alpha value is -2.63. The molecule has 0 bridgehead atoms. The Kier molecular flexibility index (Phi) is 8.07. The van der Waals surface area contributed by atoms with Crippen LogP contribution in [0.4, 0.5) is 18.9 Å². The molecule has 3 rings (SSSR count). The molecular weight excluding hydrogens is 523 g/mol. The molecule has 0 aromatic heterocycles. The van der Waals surface area contributed by atoms with E-state index >= 15 is 0 Å². The molecule has 36 heavy (non-hydrogen) atoms. The molecule has 7 nitrogen and oxygen atoms in total. The van der Waals surface area contributed by atoms with Gasteiger partial charge in [0.05, 0.1) is 27.2 Å². The van der Waals surface area contributed by atoms with Gasteiger partial charge in [0.25, 0.3) is 5.91 Å². The third-order valence-electron chi connectivity index (χ3n) is 6.83. The monoisotopic (exact) mass is 547 g/mol. The average Bonchev–Trinajstić information content (AvgIpc) is 2.78. The van der Waals surface area contributed by atoms with Crippen LogP contribution in [0, 0.1) is 29.3 Å². The number of sulfone groups is 1. The van der Waals surface area contributed by atoms with E-state index in [0.29, 0.717) is 18.6 Å². The molecule has 0 unspecified atom stereocenters. The predicted molar refractivity (Wildman–Crippen MR) is 126 cm³/mol. The number of carbonyl (C=O) groups is 2. The van der Waals surface area contributed by atoms with Crippen molar-refractivity contribution in [2.45, 2.75) is 55.3 Å². The number of nitrogens with one attached hydrogen (secondary N) is 1. The zero-order valence-corrected chi connectivity index (χ0v) is 21.0. The van der Waals surface area contributed by atoms with Crippen molar-refractivity contribution < 1.29 is 41.4 Å². The van der Waals surface area contributed by atoms with Crippen LogP contribution in [0.3, 0.4) is 0 Å². The first-order valence-corrected chi connectivity index (χ1v) is 13.1. The van der Waals surface area contributed by atoms with Gasteiger partial charge in [-0.1, -0.05) is 31.9 Å². The lowest BCUT2D eigenvalue weighted by Gasteiger charge is -2.46. The van der Waals surface area contributed by atoms with Crippen LogP contribution >= 0.6 is 11.6 Å². The number of rotatable bonds is 7. The van der Waals surface area contributed by atoms with E-state index in [1.54, 1.807) is 13.8 Å². The van der Waals surface area contributed by atoms with Gasteiger partial charge in [-0.25, -0.2) is 21.6 Å². The van der Waals surface area contributed by atoms with Crippen molar-refractivity contribution in [1.82, 2.24) is 0 Å². The van der Waals surface area contributed by atoms with Crippen molar-refractivity contribution in [2.24, 2.45) is 11.8 Å². The molecule has 0 radical (unpaired) electrons. The predicted octanol–water partition coefficient (Wildman–Crippen LogP) is 4.81. The molecule has 1 saturated carbocycles. The van der Waals surface area contributed by atoms with Gasteiger partial charge < -0.3 is 15.5 Å². The third kappa shape index (κ3) is 5.37. The SMILES string of the molecule is CC[C@@H]1C[C@@H](S(=O)(=O)c2cc(C(=O)Nc3cc(F)c(F)c(F)c3)ccc2Cl)C[C@H](C)[C@@]1(O)CC(=O)O. The Morgan fingerprint density at radius 3 is 2.31 bits per heavy atom. The standard InChI is InChI=1S/C24H25ClF3NO6S/c1-3-14-8-16(6-12(2)24(14,33)11-21(30)31)36(34,35)20-7-13(4-5-17(20)25)23(32)29-15-9-18(26)22(28)19(27)10-15/h4-5,7,9-10,12,14,16,33H,3,6,8,11H2,1-2H3,(H,29,32)(H,30,31)/t12-,14+,16-,24-/m0/s1. The Morgan fingerprint density at radius 2 is 1.75 bits per heavy atom. The van der Waals surface area contributed by atoms with Gasteiger partial charge in [-0.05, 0) is 42.9 Å². The average molecular weight is 548 g/mol. The summed E-state index contributed by atoms with van der Waals surface area (Å²) in [5, 5.41) is 21.3. The summed E-state index contributed by atoms with van der Waals surface area (Å²) in [6.45, 7) is 3.33. The normalized spacial score (nSPS) is 24.4. The van der Waals surface area contributed by atoms with Crippen molar-refractivity contribution in [3.8, 4) is 0 Å². The van der Waals surface area contributed by atoms with E-state index in [9.17, 15) is 41.4 Å². The minimum absolute atomic E-state index is 0.00611. The van der Waals surface area contributed by atoms with Crippen LogP contribution in [0.15, 0.2) is 35.2 Å². The number of carboxylic acid groups (broad SMARTS) is 1. The van der Waals surface area contributed by atoms with Crippen molar-refractivity contribution in [3.63, 3.8) is 0 Å². The number of hydrogen-bond donors (Lipinski definition) is 3. The summed E-state index contributed by atoms with van der Waals surface area (Å²) in [7, 11) is -4.14. The molecule has 0 aliphatic heterocycles. The molecular formula is C24H25ClF3NO6S. The van der Waals surface area contributed by atoms with E-state index in [1.165, 1.54) is 12.1 Å². The molecule has 12 heteroatoms. The van der Waals surface area contributed by atoms with Crippen molar-refractivity contribution in [2.75, 3.05) is 5.32 Å². The zero-order valence-electron chi connectivity index (χ0n) is 19.4. The quantitative estimate of drug-likeness (QED) is 0.428. The van der Waals surface area contributed by atoms with E-state index < -0.39 is 68.3 Å². The van der Waals surface area contributed by atoms with Gasteiger partial charge in [-0.3, -0.25) is 9.59 Å². The summed E-state index contributed by atoms with van der Waals surface area (Å²) in [5.74, 6) is -8.07. The highest BCUT2D eigenvalue weighted by Crippen LogP contribution is 2.46. The van der Waals surface area contributed by atoms with Crippen LogP contribution < -0.4 is 5.32 Å². The second-order valence-electron chi connectivity index (χ2n) is 9.06. The summed E-state index contributed by atoms with van der Waals surface area (Å²) in [5.41, 5.74) is -2.13. The smallest absolute Gasteiger partial charge is 0.306 e. The number of anilines is 1. The fourth-order valence-electron chi connectivity index (χ4n) is 4.83. The minimum atomic E-state index is -4.14. The van der Waals surface area contributed by atoms with Crippen molar-refractivity contribution in [3.05, 3.63) is 58.4 Å². The molecule has 4 atom stereocenters. The summed E-state index contributed by atoms with van der Waals surface area (Å²) >= 11 is 6.18. The summed E-state index contributed by atoms with van der Waals surface area (Å²) in [6, 6.07) is 4.61. The van der Waals surface area contributed by atoms with Crippen molar-refractivity contribution >= 4 is 39.0 Å². The number of amides is 1.